The number of hydrogen-bond acceptors (Lipinski definition) is 5. The fourth-order valence-corrected chi connectivity index (χ4v) is 3.49. The summed E-state index contributed by atoms with van der Waals surface area (Å²) in [7, 11) is 1.82. The molecule has 3 aromatic rings. The Morgan fingerprint density at radius 2 is 2.07 bits per heavy atom. The summed E-state index contributed by atoms with van der Waals surface area (Å²) in [6.45, 7) is 1.98. The van der Waals surface area contributed by atoms with Gasteiger partial charge in [-0.05, 0) is 44.5 Å². The van der Waals surface area contributed by atoms with E-state index in [1.807, 2.05) is 31.3 Å². The number of fused-ring (bicyclic) bond motifs is 1. The Labute approximate surface area is 157 Å². The number of benzene rings is 1. The lowest BCUT2D eigenvalue weighted by Gasteiger charge is -2.19. The van der Waals surface area contributed by atoms with Gasteiger partial charge in [0.05, 0.1) is 11.0 Å². The van der Waals surface area contributed by atoms with Crippen molar-refractivity contribution >= 4 is 22.9 Å². The average molecular weight is 367 g/mol. The second kappa shape index (κ2) is 7.87. The molecule has 1 aromatic carbocycles. The zero-order valence-corrected chi connectivity index (χ0v) is 15.5. The molecular weight excluding hydrogens is 342 g/mol. The monoisotopic (exact) mass is 367 g/mol. The number of imidazole rings is 1. The Morgan fingerprint density at radius 1 is 1.26 bits per heavy atom. The van der Waals surface area contributed by atoms with E-state index in [9.17, 15) is 4.79 Å². The number of H-pyrrole nitrogens is 1. The van der Waals surface area contributed by atoms with Crippen LogP contribution in [0.1, 0.15) is 43.3 Å². The molecule has 0 bridgehead atoms. The Kier molecular flexibility index (Phi) is 5.15. The van der Waals surface area contributed by atoms with Gasteiger partial charge >= 0.3 is 0 Å². The maximum Gasteiger partial charge on any atom is 0.227 e. The van der Waals surface area contributed by atoms with Crippen LogP contribution in [0.15, 0.2) is 24.3 Å². The third-order valence-corrected chi connectivity index (χ3v) is 4.99. The van der Waals surface area contributed by atoms with Crippen LogP contribution >= 0.6 is 0 Å². The number of hydrogen-bond donors (Lipinski definition) is 3. The number of nitrogens with zero attached hydrogens (tertiary/aromatic N) is 4. The molecule has 0 radical (unpaired) electrons. The summed E-state index contributed by atoms with van der Waals surface area (Å²) in [6, 6.07) is 7.94. The standard InChI is InChI=1S/C19H25N7O/c1-26-19(24-18(25-26)13-9-11-20-12-10-13)23-17(27)8-4-7-16-21-14-5-2-3-6-15(14)22-16/h2-3,5-6,13,20H,4,7-12H2,1H3,(H,21,22)(H,23,24,25,27). The molecule has 3 N–H and O–H groups in total. The van der Waals surface area contributed by atoms with Crippen LogP contribution in [0.4, 0.5) is 5.95 Å². The third kappa shape index (κ3) is 4.16. The van der Waals surface area contributed by atoms with Gasteiger partial charge in [-0.25, -0.2) is 9.67 Å². The van der Waals surface area contributed by atoms with Gasteiger partial charge in [0, 0.05) is 25.8 Å². The number of aryl methyl sites for hydroxylation is 2. The van der Waals surface area contributed by atoms with Gasteiger partial charge in [0.2, 0.25) is 11.9 Å². The predicted octanol–water partition coefficient (Wildman–Crippen LogP) is 2.12. The quantitative estimate of drug-likeness (QED) is 0.620. The molecule has 3 heterocycles. The molecule has 0 saturated carbocycles. The van der Waals surface area contributed by atoms with Crippen molar-refractivity contribution in [3.05, 3.63) is 35.9 Å². The Morgan fingerprint density at radius 3 is 2.89 bits per heavy atom. The van der Waals surface area contributed by atoms with Crippen molar-refractivity contribution in [3.63, 3.8) is 0 Å². The lowest BCUT2D eigenvalue weighted by atomic mass is 9.98. The highest BCUT2D eigenvalue weighted by Gasteiger charge is 2.21. The number of para-hydroxylation sites is 2. The van der Waals surface area contributed by atoms with Crippen molar-refractivity contribution in [2.45, 2.75) is 38.0 Å². The molecular formula is C19H25N7O. The molecule has 0 unspecified atom stereocenters. The lowest BCUT2D eigenvalue weighted by Crippen LogP contribution is -2.27. The summed E-state index contributed by atoms with van der Waals surface area (Å²) in [5.74, 6) is 2.60. The zero-order chi connectivity index (χ0) is 18.6. The number of aromatic nitrogens is 5. The smallest absolute Gasteiger partial charge is 0.227 e. The number of piperidine rings is 1. The van der Waals surface area contributed by atoms with Crippen molar-refractivity contribution in [2.24, 2.45) is 7.05 Å². The van der Waals surface area contributed by atoms with E-state index in [0.717, 1.165) is 61.5 Å². The first-order valence-corrected chi connectivity index (χ1v) is 9.54. The van der Waals surface area contributed by atoms with Crippen LogP contribution in [0.3, 0.4) is 0 Å². The van der Waals surface area contributed by atoms with Gasteiger partial charge in [-0.1, -0.05) is 12.1 Å². The van der Waals surface area contributed by atoms with Crippen LogP contribution < -0.4 is 10.6 Å². The molecule has 8 heteroatoms. The summed E-state index contributed by atoms with van der Waals surface area (Å²) in [5, 5.41) is 10.7. The number of carbonyl (C=O) groups excluding carboxylic acids is 1. The molecule has 4 rings (SSSR count). The summed E-state index contributed by atoms with van der Waals surface area (Å²) in [5.41, 5.74) is 1.99. The van der Waals surface area contributed by atoms with Gasteiger partial charge < -0.3 is 10.3 Å². The van der Waals surface area contributed by atoms with Gasteiger partial charge in [0.25, 0.3) is 0 Å². The number of carbonyl (C=O) groups is 1. The highest BCUT2D eigenvalue weighted by molar-refractivity contribution is 5.88. The van der Waals surface area contributed by atoms with Crippen LogP contribution in [-0.4, -0.2) is 43.7 Å². The van der Waals surface area contributed by atoms with Gasteiger partial charge in [0.1, 0.15) is 5.82 Å². The molecule has 2 aromatic heterocycles. The second-order valence-electron chi connectivity index (χ2n) is 7.04. The average Bonchev–Trinajstić information content (AvgIpc) is 3.26. The molecule has 0 atom stereocenters. The molecule has 27 heavy (non-hydrogen) atoms. The Balaban J connectivity index is 1.29. The molecule has 1 fully saturated rings. The second-order valence-corrected chi connectivity index (χ2v) is 7.04. The minimum Gasteiger partial charge on any atom is -0.342 e. The fourth-order valence-electron chi connectivity index (χ4n) is 3.49. The number of aromatic amines is 1. The first kappa shape index (κ1) is 17.7. The maximum absolute atomic E-state index is 12.3. The summed E-state index contributed by atoms with van der Waals surface area (Å²) < 4.78 is 1.66. The van der Waals surface area contributed by atoms with Crippen LogP contribution in [0, 0.1) is 0 Å². The fraction of sp³-hybridized carbons (Fsp3) is 0.474. The Bertz CT molecular complexity index is 890. The molecule has 1 saturated heterocycles. The molecule has 0 aliphatic carbocycles. The lowest BCUT2D eigenvalue weighted by molar-refractivity contribution is -0.116. The first-order valence-electron chi connectivity index (χ1n) is 9.54. The molecule has 142 valence electrons. The van der Waals surface area contributed by atoms with E-state index < -0.39 is 0 Å². The van der Waals surface area contributed by atoms with Crippen molar-refractivity contribution in [1.82, 2.24) is 30.0 Å². The molecule has 0 spiro atoms. The SMILES string of the molecule is Cn1nc(C2CCNCC2)nc1NC(=O)CCCc1nc2ccccc2[nH]1. The number of amides is 1. The number of rotatable bonds is 6. The van der Waals surface area contributed by atoms with Crippen molar-refractivity contribution < 1.29 is 4.79 Å². The normalized spacial score (nSPS) is 15.3. The number of anilines is 1. The van der Waals surface area contributed by atoms with Gasteiger partial charge in [0.15, 0.2) is 5.82 Å². The third-order valence-electron chi connectivity index (χ3n) is 4.99. The van der Waals surface area contributed by atoms with E-state index >= 15 is 0 Å². The van der Waals surface area contributed by atoms with Crippen molar-refractivity contribution in [1.29, 1.82) is 0 Å². The molecule has 1 amide bonds. The van der Waals surface area contributed by atoms with E-state index in [1.54, 1.807) is 4.68 Å². The van der Waals surface area contributed by atoms with Crippen molar-refractivity contribution in [3.8, 4) is 0 Å². The van der Waals surface area contributed by atoms with Gasteiger partial charge in [-0.3, -0.25) is 10.1 Å². The molecule has 8 nitrogen and oxygen atoms in total. The van der Waals surface area contributed by atoms with E-state index in [-0.39, 0.29) is 5.91 Å². The summed E-state index contributed by atoms with van der Waals surface area (Å²) in [6.07, 6.45) is 3.96. The molecule has 1 aliphatic heterocycles. The molecule has 1 aliphatic rings. The van der Waals surface area contributed by atoms with E-state index in [2.05, 4.69) is 30.7 Å². The maximum atomic E-state index is 12.3. The first-order chi connectivity index (χ1) is 13.2. The van der Waals surface area contributed by atoms with E-state index in [4.69, 9.17) is 0 Å². The van der Waals surface area contributed by atoms with Gasteiger partial charge in [-0.2, -0.15) is 10.1 Å². The highest BCUT2D eigenvalue weighted by atomic mass is 16.1. The van der Waals surface area contributed by atoms with Crippen LogP contribution in [-0.2, 0) is 18.3 Å². The predicted molar refractivity (Wildman–Crippen MR) is 104 cm³/mol. The van der Waals surface area contributed by atoms with E-state index in [1.165, 1.54) is 0 Å². The van der Waals surface area contributed by atoms with Crippen LogP contribution in [0.5, 0.6) is 0 Å². The van der Waals surface area contributed by atoms with Crippen LogP contribution in [0.2, 0.25) is 0 Å². The number of nitrogens with one attached hydrogen (secondary N) is 3. The van der Waals surface area contributed by atoms with Gasteiger partial charge in [-0.15, -0.1) is 0 Å². The highest BCUT2D eigenvalue weighted by Crippen LogP contribution is 2.23. The zero-order valence-electron chi connectivity index (χ0n) is 15.5. The minimum absolute atomic E-state index is 0.0431. The summed E-state index contributed by atoms with van der Waals surface area (Å²) in [4.78, 5) is 24.7. The topological polar surface area (TPSA) is 101 Å². The Hall–Kier alpha value is -2.74. The van der Waals surface area contributed by atoms with Crippen LogP contribution in [0.25, 0.3) is 11.0 Å². The van der Waals surface area contributed by atoms with Crippen molar-refractivity contribution in [2.75, 3.05) is 18.4 Å². The minimum atomic E-state index is -0.0431. The van der Waals surface area contributed by atoms with E-state index in [0.29, 0.717) is 18.3 Å². The largest absolute Gasteiger partial charge is 0.342 e. The summed E-state index contributed by atoms with van der Waals surface area (Å²) >= 11 is 0.